The van der Waals surface area contributed by atoms with E-state index in [1.807, 2.05) is 36.5 Å². The molecule has 4 aromatic rings. The summed E-state index contributed by atoms with van der Waals surface area (Å²) in [6.45, 7) is 1.11. The minimum atomic E-state index is 0.737. The van der Waals surface area contributed by atoms with E-state index in [0.717, 1.165) is 39.9 Å². The number of hydrogen-bond donors (Lipinski definition) is 0. The van der Waals surface area contributed by atoms with Crippen molar-refractivity contribution in [3.05, 3.63) is 89.3 Å². The van der Waals surface area contributed by atoms with Crippen LogP contribution >= 0.6 is 11.6 Å². The Morgan fingerprint density at radius 3 is 2.47 bits per heavy atom. The molecule has 1 aliphatic carbocycles. The molecule has 5 rings (SSSR count). The highest BCUT2D eigenvalue weighted by Gasteiger charge is 2.13. The summed E-state index contributed by atoms with van der Waals surface area (Å²) in [4.78, 5) is 4.52. The highest BCUT2D eigenvalue weighted by molar-refractivity contribution is 6.30. The molecule has 1 saturated carbocycles. The Balaban J connectivity index is 1.27. The second-order valence-electron chi connectivity index (χ2n) is 8.76. The van der Waals surface area contributed by atoms with E-state index in [2.05, 4.69) is 57.9 Å². The summed E-state index contributed by atoms with van der Waals surface area (Å²) < 4.78 is 2.40. The molecule has 0 spiro atoms. The van der Waals surface area contributed by atoms with E-state index in [9.17, 15) is 0 Å². The number of hydrogen-bond acceptors (Lipinski definition) is 1. The highest BCUT2D eigenvalue weighted by Crippen LogP contribution is 2.28. The summed E-state index contributed by atoms with van der Waals surface area (Å²) in [7, 11) is 0. The summed E-state index contributed by atoms with van der Waals surface area (Å²) in [5.41, 5.74) is 5.25. The normalized spacial score (nSPS) is 14.3. The molecule has 0 saturated heterocycles. The molecule has 2 heterocycles. The van der Waals surface area contributed by atoms with Gasteiger partial charge in [-0.1, -0.05) is 67.8 Å². The predicted octanol–water partition coefficient (Wildman–Crippen LogP) is 7.73. The van der Waals surface area contributed by atoms with Gasteiger partial charge in [-0.2, -0.15) is 0 Å². The van der Waals surface area contributed by atoms with Gasteiger partial charge in [0.05, 0.1) is 0 Å². The van der Waals surface area contributed by atoms with Gasteiger partial charge in [0.15, 0.2) is 0 Å². The van der Waals surface area contributed by atoms with Crippen LogP contribution in [0.2, 0.25) is 5.02 Å². The number of nitrogens with zero attached hydrogens (tertiary/aromatic N) is 2. The smallest absolute Gasteiger partial charge is 0.113 e. The molecular formula is C29H27ClN2. The van der Waals surface area contributed by atoms with Crippen LogP contribution in [0.15, 0.2) is 73.1 Å². The Kier molecular flexibility index (Phi) is 6.28. The van der Waals surface area contributed by atoms with E-state index in [0.29, 0.717) is 0 Å². The van der Waals surface area contributed by atoms with E-state index in [1.165, 1.54) is 49.4 Å². The van der Waals surface area contributed by atoms with Crippen LogP contribution in [0.4, 0.5) is 0 Å². The zero-order chi connectivity index (χ0) is 21.8. The summed E-state index contributed by atoms with van der Waals surface area (Å²) in [5.74, 6) is 7.38. The lowest BCUT2D eigenvalue weighted by Crippen LogP contribution is -2.09. The van der Waals surface area contributed by atoms with E-state index in [1.54, 1.807) is 0 Å². The van der Waals surface area contributed by atoms with Crippen LogP contribution in [0.1, 0.15) is 49.8 Å². The lowest BCUT2D eigenvalue weighted by atomic mass is 9.87. The van der Waals surface area contributed by atoms with E-state index < -0.39 is 0 Å². The first-order valence-corrected chi connectivity index (χ1v) is 12.0. The maximum absolute atomic E-state index is 5.97. The molecule has 0 amide bonds. The zero-order valence-corrected chi connectivity index (χ0v) is 19.0. The van der Waals surface area contributed by atoms with Crippen LogP contribution in [0.25, 0.3) is 22.0 Å². The molecule has 2 nitrogen and oxygen atoms in total. The highest BCUT2D eigenvalue weighted by atomic mass is 35.5. The van der Waals surface area contributed by atoms with Gasteiger partial charge in [-0.15, -0.1) is 0 Å². The van der Waals surface area contributed by atoms with Gasteiger partial charge in [-0.25, -0.2) is 4.98 Å². The van der Waals surface area contributed by atoms with Crippen molar-refractivity contribution in [1.29, 1.82) is 0 Å². The van der Waals surface area contributed by atoms with Crippen LogP contribution in [0.3, 0.4) is 0 Å². The number of pyridine rings is 1. The van der Waals surface area contributed by atoms with Crippen LogP contribution < -0.4 is 0 Å². The minimum Gasteiger partial charge on any atom is -0.347 e. The number of fused-ring (bicyclic) bond motifs is 1. The second-order valence-corrected chi connectivity index (χ2v) is 9.20. The SMILES string of the molecule is Clc1ccc(-c2ccc(C#Cc3ccc4c(ccn4CCC4CCCCC4)c3)nc2)cc1. The molecule has 160 valence electrons. The van der Waals surface area contributed by atoms with Crippen molar-refractivity contribution in [1.82, 2.24) is 9.55 Å². The van der Waals surface area contributed by atoms with E-state index in [4.69, 9.17) is 11.6 Å². The summed E-state index contributed by atoms with van der Waals surface area (Å²) in [6.07, 6.45) is 12.5. The van der Waals surface area contributed by atoms with Gasteiger partial charge in [0.25, 0.3) is 0 Å². The molecule has 2 aromatic carbocycles. The van der Waals surface area contributed by atoms with Gasteiger partial charge >= 0.3 is 0 Å². The summed E-state index contributed by atoms with van der Waals surface area (Å²) >= 11 is 5.97. The van der Waals surface area contributed by atoms with Crippen molar-refractivity contribution in [2.75, 3.05) is 0 Å². The zero-order valence-electron chi connectivity index (χ0n) is 18.2. The quantitative estimate of drug-likeness (QED) is 0.298. The van der Waals surface area contributed by atoms with Crippen LogP contribution in [-0.4, -0.2) is 9.55 Å². The average molecular weight is 439 g/mol. The fourth-order valence-electron chi connectivity index (χ4n) is 4.69. The summed E-state index contributed by atoms with van der Waals surface area (Å²) in [6, 6.07) is 20.5. The standard InChI is InChI=1S/C29H27ClN2/c30-27-11-8-24(9-12-27)26-10-14-28(31-21-26)13-6-23-7-15-29-25(20-23)17-19-32(29)18-16-22-4-2-1-3-5-22/h7-12,14-15,17,19-22H,1-5,16,18H2. The second kappa shape index (κ2) is 9.63. The number of rotatable bonds is 4. The third-order valence-corrected chi connectivity index (χ3v) is 6.80. The Labute approximate surface area is 195 Å². The molecular weight excluding hydrogens is 412 g/mol. The van der Waals surface area contributed by atoms with Crippen LogP contribution in [0, 0.1) is 17.8 Å². The van der Waals surface area contributed by atoms with Gasteiger partial charge in [0.2, 0.25) is 0 Å². The fraction of sp³-hybridized carbons (Fsp3) is 0.276. The van der Waals surface area contributed by atoms with Crippen LogP contribution in [0.5, 0.6) is 0 Å². The van der Waals surface area contributed by atoms with E-state index in [-0.39, 0.29) is 0 Å². The Bertz CT molecular complexity index is 1250. The lowest BCUT2D eigenvalue weighted by molar-refractivity contribution is 0.325. The van der Waals surface area contributed by atoms with E-state index >= 15 is 0 Å². The van der Waals surface area contributed by atoms with Crippen LogP contribution in [-0.2, 0) is 6.54 Å². The molecule has 2 aromatic heterocycles. The third kappa shape index (κ3) is 4.90. The Hall–Kier alpha value is -3.02. The monoisotopic (exact) mass is 438 g/mol. The average Bonchev–Trinajstić information content (AvgIpc) is 3.25. The van der Waals surface area contributed by atoms with Gasteiger partial charge < -0.3 is 4.57 Å². The number of benzene rings is 2. The third-order valence-electron chi connectivity index (χ3n) is 6.55. The first-order valence-electron chi connectivity index (χ1n) is 11.6. The maximum atomic E-state index is 5.97. The minimum absolute atomic E-state index is 0.737. The van der Waals surface area contributed by atoms with Gasteiger partial charge in [0.1, 0.15) is 5.69 Å². The molecule has 0 aliphatic heterocycles. The molecule has 1 fully saturated rings. The number of halogens is 1. The molecule has 0 N–H and O–H groups in total. The van der Waals surface area contributed by atoms with Crippen molar-refractivity contribution in [3.8, 4) is 23.0 Å². The molecule has 3 heteroatoms. The largest absolute Gasteiger partial charge is 0.347 e. The fourth-order valence-corrected chi connectivity index (χ4v) is 4.81. The van der Waals surface area contributed by atoms with Crippen molar-refractivity contribution in [3.63, 3.8) is 0 Å². The molecule has 0 unspecified atom stereocenters. The first kappa shape index (κ1) is 20.9. The molecule has 0 atom stereocenters. The first-order chi connectivity index (χ1) is 15.7. The Morgan fingerprint density at radius 1 is 0.875 bits per heavy atom. The number of aryl methyl sites for hydroxylation is 1. The molecule has 0 bridgehead atoms. The Morgan fingerprint density at radius 2 is 1.69 bits per heavy atom. The molecule has 0 radical (unpaired) electrons. The predicted molar refractivity (Wildman–Crippen MR) is 134 cm³/mol. The molecule has 1 aliphatic rings. The van der Waals surface area contributed by atoms with Gasteiger partial charge in [-0.05, 0) is 66.3 Å². The summed E-state index contributed by atoms with van der Waals surface area (Å²) in [5, 5.41) is 1.99. The van der Waals surface area contributed by atoms with Crippen molar-refractivity contribution < 1.29 is 0 Å². The maximum Gasteiger partial charge on any atom is 0.113 e. The lowest BCUT2D eigenvalue weighted by Gasteiger charge is -2.21. The van der Waals surface area contributed by atoms with Gasteiger partial charge in [-0.3, -0.25) is 0 Å². The molecule has 32 heavy (non-hydrogen) atoms. The van der Waals surface area contributed by atoms with Crippen molar-refractivity contribution in [2.45, 2.75) is 45.1 Å². The van der Waals surface area contributed by atoms with Gasteiger partial charge in [0, 0.05) is 46.0 Å². The van der Waals surface area contributed by atoms with Crippen molar-refractivity contribution >= 4 is 22.5 Å². The topological polar surface area (TPSA) is 17.8 Å². The van der Waals surface area contributed by atoms with Crippen molar-refractivity contribution in [2.24, 2.45) is 5.92 Å². The number of aromatic nitrogens is 2.